The number of amides is 3. The van der Waals surface area contributed by atoms with Gasteiger partial charge in [0.15, 0.2) is 0 Å². The van der Waals surface area contributed by atoms with Crippen LogP contribution in [-0.4, -0.2) is 59.4 Å². The lowest BCUT2D eigenvalue weighted by Crippen LogP contribution is -2.44. The number of nitrogens with zero attached hydrogens (tertiary/aromatic N) is 3. The summed E-state index contributed by atoms with van der Waals surface area (Å²) in [6.07, 6.45) is 3.46. The van der Waals surface area contributed by atoms with Crippen LogP contribution in [0.3, 0.4) is 0 Å². The Balaban J connectivity index is 1.77. The SMILES string of the molecule is CCCN1CCCN(C(=O)NCCc2csc(CC)n2)CC1=O. The van der Waals surface area contributed by atoms with E-state index in [-0.39, 0.29) is 18.5 Å². The molecule has 0 radical (unpaired) electrons. The highest BCUT2D eigenvalue weighted by atomic mass is 32.1. The number of hydrogen-bond acceptors (Lipinski definition) is 4. The van der Waals surface area contributed by atoms with Crippen molar-refractivity contribution in [3.63, 3.8) is 0 Å². The van der Waals surface area contributed by atoms with Gasteiger partial charge in [0, 0.05) is 38.0 Å². The first kappa shape index (κ1) is 17.7. The van der Waals surface area contributed by atoms with Gasteiger partial charge in [-0.15, -0.1) is 11.3 Å². The molecule has 2 heterocycles. The van der Waals surface area contributed by atoms with E-state index in [2.05, 4.69) is 24.1 Å². The number of carbonyl (C=O) groups excluding carboxylic acids is 2. The summed E-state index contributed by atoms with van der Waals surface area (Å²) in [6.45, 7) is 7.03. The topological polar surface area (TPSA) is 65.5 Å². The first-order valence-electron chi connectivity index (χ1n) is 8.37. The molecule has 0 aliphatic carbocycles. The van der Waals surface area contributed by atoms with Crippen LogP contribution in [0.25, 0.3) is 0 Å². The van der Waals surface area contributed by atoms with Crippen molar-refractivity contribution in [2.24, 2.45) is 0 Å². The van der Waals surface area contributed by atoms with Crippen molar-refractivity contribution in [3.8, 4) is 0 Å². The minimum atomic E-state index is -0.150. The highest BCUT2D eigenvalue weighted by Gasteiger charge is 2.24. The van der Waals surface area contributed by atoms with E-state index in [9.17, 15) is 9.59 Å². The quantitative estimate of drug-likeness (QED) is 0.861. The molecule has 1 fully saturated rings. The summed E-state index contributed by atoms with van der Waals surface area (Å²) in [5, 5.41) is 6.07. The molecular weight excluding hydrogens is 312 g/mol. The molecule has 1 saturated heterocycles. The monoisotopic (exact) mass is 338 g/mol. The minimum absolute atomic E-state index is 0.0478. The van der Waals surface area contributed by atoms with Crippen molar-refractivity contribution < 1.29 is 9.59 Å². The fraction of sp³-hybridized carbons (Fsp3) is 0.688. The van der Waals surface area contributed by atoms with Crippen LogP contribution in [0.4, 0.5) is 4.79 Å². The van der Waals surface area contributed by atoms with E-state index < -0.39 is 0 Å². The summed E-state index contributed by atoms with van der Waals surface area (Å²) in [4.78, 5) is 32.4. The molecule has 1 aliphatic rings. The largest absolute Gasteiger partial charge is 0.341 e. The molecule has 0 spiro atoms. The lowest BCUT2D eigenvalue weighted by atomic mass is 10.3. The molecule has 2 rings (SSSR count). The van der Waals surface area contributed by atoms with Gasteiger partial charge in [-0.05, 0) is 19.3 Å². The normalized spacial score (nSPS) is 15.7. The van der Waals surface area contributed by atoms with Crippen molar-refractivity contribution >= 4 is 23.3 Å². The van der Waals surface area contributed by atoms with E-state index in [4.69, 9.17) is 0 Å². The van der Waals surface area contributed by atoms with Crippen LogP contribution in [-0.2, 0) is 17.6 Å². The summed E-state index contributed by atoms with van der Waals surface area (Å²) in [5.74, 6) is 0.0478. The van der Waals surface area contributed by atoms with Crippen molar-refractivity contribution in [2.75, 3.05) is 32.7 Å². The Kier molecular flexibility index (Phi) is 6.83. The van der Waals surface area contributed by atoms with E-state index in [1.54, 1.807) is 16.2 Å². The van der Waals surface area contributed by atoms with E-state index in [1.807, 2.05) is 10.3 Å². The molecular formula is C16H26N4O2S. The Morgan fingerprint density at radius 3 is 2.91 bits per heavy atom. The number of carbonyl (C=O) groups is 2. The highest BCUT2D eigenvalue weighted by Crippen LogP contribution is 2.10. The van der Waals surface area contributed by atoms with Gasteiger partial charge in [0.2, 0.25) is 5.91 Å². The molecule has 1 aromatic rings. The standard InChI is InChI=1S/C16H26N4O2S/c1-3-8-19-9-5-10-20(11-15(19)21)16(22)17-7-6-13-12-23-14(4-2)18-13/h12H,3-11H2,1-2H3,(H,17,22). The molecule has 1 aromatic heterocycles. The molecule has 23 heavy (non-hydrogen) atoms. The summed E-state index contributed by atoms with van der Waals surface area (Å²) < 4.78 is 0. The molecule has 0 atom stereocenters. The molecule has 3 amide bonds. The van der Waals surface area contributed by atoms with E-state index in [0.717, 1.165) is 49.5 Å². The summed E-state index contributed by atoms with van der Waals surface area (Å²) in [6, 6.07) is -0.150. The molecule has 0 aromatic carbocycles. The smallest absolute Gasteiger partial charge is 0.317 e. The van der Waals surface area contributed by atoms with Crippen molar-refractivity contribution in [1.82, 2.24) is 20.1 Å². The van der Waals surface area contributed by atoms with Crippen LogP contribution < -0.4 is 5.32 Å². The Bertz CT molecular complexity index is 532. The van der Waals surface area contributed by atoms with Gasteiger partial charge in [-0.25, -0.2) is 9.78 Å². The number of aryl methyl sites for hydroxylation is 1. The Labute approximate surface area is 141 Å². The second-order valence-electron chi connectivity index (χ2n) is 5.72. The lowest BCUT2D eigenvalue weighted by molar-refractivity contribution is -0.130. The second kappa shape index (κ2) is 8.86. The average molecular weight is 338 g/mol. The third-order valence-corrected chi connectivity index (χ3v) is 4.92. The number of hydrogen-bond donors (Lipinski definition) is 1. The molecule has 6 nitrogen and oxygen atoms in total. The van der Waals surface area contributed by atoms with Crippen molar-refractivity contribution in [2.45, 2.75) is 39.5 Å². The van der Waals surface area contributed by atoms with Gasteiger partial charge >= 0.3 is 6.03 Å². The number of urea groups is 1. The molecule has 7 heteroatoms. The number of thiazole rings is 1. The third kappa shape index (κ3) is 5.20. The van der Waals surface area contributed by atoms with Crippen LogP contribution in [0.2, 0.25) is 0 Å². The van der Waals surface area contributed by atoms with E-state index >= 15 is 0 Å². The first-order chi connectivity index (χ1) is 11.1. The van der Waals surface area contributed by atoms with Crippen LogP contribution in [0, 0.1) is 0 Å². The molecule has 128 valence electrons. The maximum absolute atomic E-state index is 12.2. The zero-order chi connectivity index (χ0) is 16.7. The highest BCUT2D eigenvalue weighted by molar-refractivity contribution is 7.09. The Morgan fingerprint density at radius 1 is 1.39 bits per heavy atom. The average Bonchev–Trinajstić information content (AvgIpc) is 2.92. The number of aromatic nitrogens is 1. The Hall–Kier alpha value is -1.63. The van der Waals surface area contributed by atoms with Gasteiger partial charge in [0.1, 0.15) is 6.54 Å². The summed E-state index contributed by atoms with van der Waals surface area (Å²) in [5.41, 5.74) is 1.02. The van der Waals surface area contributed by atoms with Crippen molar-refractivity contribution in [3.05, 3.63) is 16.1 Å². The minimum Gasteiger partial charge on any atom is -0.341 e. The van der Waals surface area contributed by atoms with Crippen LogP contribution in [0.15, 0.2) is 5.38 Å². The molecule has 1 N–H and O–H groups in total. The third-order valence-electron chi connectivity index (χ3n) is 3.87. The maximum atomic E-state index is 12.2. The van der Waals surface area contributed by atoms with Crippen LogP contribution in [0.5, 0.6) is 0 Å². The fourth-order valence-electron chi connectivity index (χ4n) is 2.63. The van der Waals surface area contributed by atoms with Crippen LogP contribution in [0.1, 0.15) is 37.4 Å². The fourth-order valence-corrected chi connectivity index (χ4v) is 3.41. The van der Waals surface area contributed by atoms with Crippen molar-refractivity contribution in [1.29, 1.82) is 0 Å². The predicted molar refractivity (Wildman–Crippen MR) is 91.7 cm³/mol. The Morgan fingerprint density at radius 2 is 2.22 bits per heavy atom. The van der Waals surface area contributed by atoms with Gasteiger partial charge in [-0.2, -0.15) is 0 Å². The number of rotatable bonds is 6. The zero-order valence-corrected chi connectivity index (χ0v) is 14.8. The summed E-state index contributed by atoms with van der Waals surface area (Å²) >= 11 is 1.66. The molecule has 0 saturated carbocycles. The van der Waals surface area contributed by atoms with E-state index in [1.165, 1.54) is 0 Å². The number of nitrogens with one attached hydrogen (secondary N) is 1. The second-order valence-corrected chi connectivity index (χ2v) is 6.67. The van der Waals surface area contributed by atoms with Gasteiger partial charge in [-0.1, -0.05) is 13.8 Å². The van der Waals surface area contributed by atoms with Crippen LogP contribution >= 0.6 is 11.3 Å². The first-order valence-corrected chi connectivity index (χ1v) is 9.25. The van der Waals surface area contributed by atoms with Gasteiger partial charge in [-0.3, -0.25) is 4.79 Å². The zero-order valence-electron chi connectivity index (χ0n) is 14.0. The molecule has 1 aliphatic heterocycles. The van der Waals surface area contributed by atoms with Gasteiger partial charge in [0.05, 0.1) is 10.7 Å². The predicted octanol–water partition coefficient (Wildman–Crippen LogP) is 1.90. The van der Waals surface area contributed by atoms with Gasteiger partial charge in [0.25, 0.3) is 0 Å². The molecule has 0 bridgehead atoms. The maximum Gasteiger partial charge on any atom is 0.317 e. The van der Waals surface area contributed by atoms with E-state index in [0.29, 0.717) is 13.1 Å². The lowest BCUT2D eigenvalue weighted by Gasteiger charge is -2.21. The van der Waals surface area contributed by atoms with Gasteiger partial charge < -0.3 is 15.1 Å². The molecule has 0 unspecified atom stereocenters. The summed E-state index contributed by atoms with van der Waals surface area (Å²) in [7, 11) is 0.